The number of benzene rings is 2. The predicted octanol–water partition coefficient (Wildman–Crippen LogP) is 5.03. The summed E-state index contributed by atoms with van der Waals surface area (Å²) in [6.07, 6.45) is 0.950. The third-order valence-electron chi connectivity index (χ3n) is 4.31. The largest absolute Gasteiger partial charge is 0.363 e. The van der Waals surface area contributed by atoms with Crippen LogP contribution in [-0.4, -0.2) is 19.1 Å². The highest BCUT2D eigenvalue weighted by molar-refractivity contribution is 6.35. The highest BCUT2D eigenvalue weighted by Crippen LogP contribution is 2.31. The van der Waals surface area contributed by atoms with Gasteiger partial charge in [-0.3, -0.25) is 0 Å². The van der Waals surface area contributed by atoms with Crippen LogP contribution in [0.15, 0.2) is 30.3 Å². The molecule has 1 aliphatic heterocycles. The molecule has 2 aromatic rings. The van der Waals surface area contributed by atoms with E-state index in [9.17, 15) is 4.39 Å². The zero-order valence-corrected chi connectivity index (χ0v) is 15.5. The molecule has 130 valence electrons. The summed E-state index contributed by atoms with van der Waals surface area (Å²) in [5.74, 6) is -0.497. The van der Waals surface area contributed by atoms with Gasteiger partial charge in [0.05, 0.1) is 15.6 Å². The van der Waals surface area contributed by atoms with Gasteiger partial charge < -0.3 is 10.2 Å². The molecule has 3 nitrogen and oxygen atoms in total. The molecule has 7 heteroatoms. The van der Waals surface area contributed by atoms with E-state index < -0.39 is 5.82 Å². The summed E-state index contributed by atoms with van der Waals surface area (Å²) in [4.78, 5) is 2.13. The molecule has 1 saturated heterocycles. The van der Waals surface area contributed by atoms with Crippen molar-refractivity contribution in [2.24, 2.45) is 0 Å². The van der Waals surface area contributed by atoms with Crippen LogP contribution in [0.4, 0.5) is 10.1 Å². The summed E-state index contributed by atoms with van der Waals surface area (Å²) >= 11 is 18.2. The Kier molecular flexibility index (Phi) is 5.71. The number of halogens is 4. The number of anilines is 1. The molecule has 1 heterocycles. The summed E-state index contributed by atoms with van der Waals surface area (Å²) in [5, 5.41) is 13.2. The molecule has 3 rings (SSSR count). The van der Waals surface area contributed by atoms with Crippen LogP contribution in [0.2, 0.25) is 15.1 Å². The van der Waals surface area contributed by atoms with Crippen LogP contribution in [0.25, 0.3) is 0 Å². The van der Waals surface area contributed by atoms with Gasteiger partial charge in [0.1, 0.15) is 11.9 Å². The molecule has 1 aliphatic rings. The molecule has 1 N–H and O–H groups in total. The van der Waals surface area contributed by atoms with Crippen molar-refractivity contribution in [1.82, 2.24) is 5.32 Å². The van der Waals surface area contributed by atoms with E-state index in [0.29, 0.717) is 27.7 Å². The van der Waals surface area contributed by atoms with Crippen molar-refractivity contribution in [1.29, 1.82) is 5.26 Å². The second-order valence-electron chi connectivity index (χ2n) is 5.91. The predicted molar refractivity (Wildman–Crippen MR) is 100 cm³/mol. The number of hydrogen-bond acceptors (Lipinski definition) is 3. The van der Waals surface area contributed by atoms with Crippen LogP contribution in [0.3, 0.4) is 0 Å². The van der Waals surface area contributed by atoms with E-state index in [1.807, 2.05) is 6.07 Å². The van der Waals surface area contributed by atoms with Crippen LogP contribution >= 0.6 is 34.8 Å². The Bertz CT molecular complexity index is 829. The van der Waals surface area contributed by atoms with E-state index in [1.165, 1.54) is 12.1 Å². The molecule has 0 aromatic heterocycles. The Morgan fingerprint density at radius 3 is 2.60 bits per heavy atom. The van der Waals surface area contributed by atoms with Gasteiger partial charge in [0, 0.05) is 29.8 Å². The van der Waals surface area contributed by atoms with Crippen molar-refractivity contribution < 1.29 is 4.39 Å². The minimum absolute atomic E-state index is 0.00394. The Morgan fingerprint density at radius 2 is 1.96 bits per heavy atom. The van der Waals surface area contributed by atoms with Crippen LogP contribution < -0.4 is 10.2 Å². The normalized spacial score (nSPS) is 16.7. The van der Waals surface area contributed by atoms with E-state index in [-0.39, 0.29) is 11.1 Å². The summed E-state index contributed by atoms with van der Waals surface area (Å²) in [7, 11) is 0. The average molecular weight is 399 g/mol. The van der Waals surface area contributed by atoms with Crippen molar-refractivity contribution in [2.45, 2.75) is 19.0 Å². The third-order valence-corrected chi connectivity index (χ3v) is 5.26. The number of nitrogens with zero attached hydrogens (tertiary/aromatic N) is 2. The number of hydrogen-bond donors (Lipinski definition) is 1. The van der Waals surface area contributed by atoms with Gasteiger partial charge in [-0.05, 0) is 48.9 Å². The molecule has 0 radical (unpaired) electrons. The minimum Gasteiger partial charge on any atom is -0.363 e. The summed E-state index contributed by atoms with van der Waals surface area (Å²) in [5.41, 5.74) is 1.94. The molecular formula is C18H15Cl3FN3. The molecular weight excluding hydrogens is 384 g/mol. The number of rotatable bonds is 4. The van der Waals surface area contributed by atoms with E-state index in [0.717, 1.165) is 25.2 Å². The zero-order chi connectivity index (χ0) is 18.0. The topological polar surface area (TPSA) is 39.1 Å². The number of nitriles is 1. The van der Waals surface area contributed by atoms with E-state index in [2.05, 4.69) is 16.3 Å². The quantitative estimate of drug-likeness (QED) is 0.735. The van der Waals surface area contributed by atoms with Crippen LogP contribution in [0, 0.1) is 17.1 Å². The van der Waals surface area contributed by atoms with Gasteiger partial charge in [0.2, 0.25) is 0 Å². The van der Waals surface area contributed by atoms with E-state index >= 15 is 0 Å². The Balaban J connectivity index is 1.97. The fraction of sp³-hybridized carbons (Fsp3) is 0.278. The van der Waals surface area contributed by atoms with Gasteiger partial charge in [-0.1, -0.05) is 34.8 Å². The Morgan fingerprint density at radius 1 is 1.16 bits per heavy atom. The first kappa shape index (κ1) is 18.3. The first-order chi connectivity index (χ1) is 12.0. The number of nitrogens with one attached hydrogen (secondary N) is 1. The summed E-state index contributed by atoms with van der Waals surface area (Å²) < 4.78 is 13.9. The Labute approximate surface area is 160 Å². The second kappa shape index (κ2) is 7.80. The standard InChI is InChI=1S/C18H15Cl3FN3/c19-15-6-13(2-1-11(15)8-23)25(14-3-4-24-9-14)10-12-5-18(22)17(21)7-16(12)20/h1-2,5-7,14,24H,3-4,9-10H2. The molecule has 25 heavy (non-hydrogen) atoms. The maximum absolute atomic E-state index is 13.9. The van der Waals surface area contributed by atoms with Crippen molar-refractivity contribution in [3.63, 3.8) is 0 Å². The van der Waals surface area contributed by atoms with Gasteiger partial charge in [-0.25, -0.2) is 4.39 Å². The lowest BCUT2D eigenvalue weighted by atomic mass is 10.1. The molecule has 2 aromatic carbocycles. The maximum atomic E-state index is 13.9. The Hall–Kier alpha value is -1.51. The molecule has 0 spiro atoms. The minimum atomic E-state index is -0.497. The van der Waals surface area contributed by atoms with Gasteiger partial charge in [0.15, 0.2) is 0 Å². The highest BCUT2D eigenvalue weighted by atomic mass is 35.5. The van der Waals surface area contributed by atoms with Gasteiger partial charge in [-0.2, -0.15) is 5.26 Å². The fourth-order valence-corrected chi connectivity index (χ4v) is 3.64. The molecule has 1 atom stereocenters. The summed E-state index contributed by atoms with van der Waals surface area (Å²) in [6.45, 7) is 2.14. The molecule has 1 unspecified atom stereocenters. The lowest BCUT2D eigenvalue weighted by Gasteiger charge is -2.31. The van der Waals surface area contributed by atoms with Gasteiger partial charge in [0.25, 0.3) is 0 Å². The maximum Gasteiger partial charge on any atom is 0.142 e. The second-order valence-corrected chi connectivity index (χ2v) is 7.13. The van der Waals surface area contributed by atoms with Crippen molar-refractivity contribution >= 4 is 40.5 Å². The lowest BCUT2D eigenvalue weighted by Crippen LogP contribution is -2.36. The monoisotopic (exact) mass is 397 g/mol. The van der Waals surface area contributed by atoms with Crippen molar-refractivity contribution in [2.75, 3.05) is 18.0 Å². The fourth-order valence-electron chi connectivity index (χ4n) is 2.98. The van der Waals surface area contributed by atoms with Crippen molar-refractivity contribution in [3.05, 3.63) is 62.3 Å². The van der Waals surface area contributed by atoms with Crippen molar-refractivity contribution in [3.8, 4) is 6.07 Å². The molecule has 0 bridgehead atoms. The molecule has 1 fully saturated rings. The van der Waals surface area contributed by atoms with E-state index in [1.54, 1.807) is 12.1 Å². The van der Waals surface area contributed by atoms with Crippen LogP contribution in [0.1, 0.15) is 17.5 Å². The third kappa shape index (κ3) is 4.02. The highest BCUT2D eigenvalue weighted by Gasteiger charge is 2.24. The van der Waals surface area contributed by atoms with Crippen LogP contribution in [0.5, 0.6) is 0 Å². The van der Waals surface area contributed by atoms with Crippen LogP contribution in [-0.2, 0) is 6.54 Å². The molecule has 0 amide bonds. The first-order valence-corrected chi connectivity index (χ1v) is 8.93. The molecule has 0 saturated carbocycles. The lowest BCUT2D eigenvalue weighted by molar-refractivity contribution is 0.613. The van der Waals surface area contributed by atoms with Gasteiger partial charge in [-0.15, -0.1) is 0 Å². The SMILES string of the molecule is N#Cc1ccc(N(Cc2cc(F)c(Cl)cc2Cl)C2CCNC2)cc1Cl. The zero-order valence-electron chi connectivity index (χ0n) is 13.2. The first-order valence-electron chi connectivity index (χ1n) is 7.80. The smallest absolute Gasteiger partial charge is 0.142 e. The van der Waals surface area contributed by atoms with E-state index in [4.69, 9.17) is 40.1 Å². The summed E-state index contributed by atoms with van der Waals surface area (Å²) in [6, 6.07) is 10.4. The van der Waals surface area contributed by atoms with Gasteiger partial charge >= 0.3 is 0 Å². The average Bonchev–Trinajstić information content (AvgIpc) is 3.11. The molecule has 0 aliphatic carbocycles.